The normalized spacial score (nSPS) is 18.9. The highest BCUT2D eigenvalue weighted by Gasteiger charge is 2.39. The van der Waals surface area contributed by atoms with Gasteiger partial charge in [0.25, 0.3) is 22.3 Å². The number of imide groups is 2. The Hall–Kier alpha value is -3.28. The molecule has 2 aliphatic rings. The summed E-state index contributed by atoms with van der Waals surface area (Å²) >= 11 is 1.37. The second kappa shape index (κ2) is 9.92. The topological polar surface area (TPSA) is 78.0 Å². The lowest BCUT2D eigenvalue weighted by molar-refractivity contribution is -0.125. The van der Waals surface area contributed by atoms with Crippen LogP contribution in [0.3, 0.4) is 0 Å². The van der Waals surface area contributed by atoms with E-state index in [1.165, 1.54) is 60.5 Å². The Morgan fingerprint density at radius 2 is 1.12 bits per heavy atom. The average Bonchev–Trinajstić information content (AvgIpc) is 3.21. The van der Waals surface area contributed by atoms with Crippen LogP contribution in [0.2, 0.25) is 0 Å². The summed E-state index contributed by atoms with van der Waals surface area (Å²) < 4.78 is 27.8. The molecule has 0 spiro atoms. The summed E-state index contributed by atoms with van der Waals surface area (Å²) in [5.41, 5.74) is 0.363. The number of halogens is 2. The van der Waals surface area contributed by atoms with Gasteiger partial charge in [-0.3, -0.25) is 33.9 Å². The van der Waals surface area contributed by atoms with Crippen LogP contribution < -0.4 is 0 Å². The Morgan fingerprint density at radius 1 is 0.735 bits per heavy atom. The van der Waals surface area contributed by atoms with Gasteiger partial charge in [-0.25, -0.2) is 8.78 Å². The van der Waals surface area contributed by atoms with Gasteiger partial charge in [0.05, 0.1) is 23.1 Å². The highest BCUT2D eigenvalue weighted by molar-refractivity contribution is 8.18. The second-order valence-corrected chi connectivity index (χ2v) is 9.39. The van der Waals surface area contributed by atoms with E-state index in [-0.39, 0.29) is 34.3 Å². The van der Waals surface area contributed by atoms with Gasteiger partial charge in [-0.2, -0.15) is 0 Å². The van der Waals surface area contributed by atoms with Crippen molar-refractivity contribution >= 4 is 58.0 Å². The number of benzene rings is 2. The highest BCUT2D eigenvalue weighted by Crippen LogP contribution is 2.34. The molecular formula is C23H17F2N3O4S2. The largest absolute Gasteiger partial charge is 0.294 e. The van der Waals surface area contributed by atoms with E-state index in [9.17, 15) is 28.0 Å². The van der Waals surface area contributed by atoms with Crippen LogP contribution in [0, 0.1) is 11.6 Å². The molecule has 0 aliphatic carbocycles. The Morgan fingerprint density at radius 3 is 1.50 bits per heavy atom. The van der Waals surface area contributed by atoms with Crippen molar-refractivity contribution in [1.29, 1.82) is 0 Å². The molecule has 2 aromatic rings. The molecule has 0 atom stereocenters. The van der Waals surface area contributed by atoms with Gasteiger partial charge in [0, 0.05) is 11.1 Å². The lowest BCUT2D eigenvalue weighted by Gasteiger charge is -2.25. The first-order valence-electron chi connectivity index (χ1n) is 9.93. The number of nitrogens with zero attached hydrogens (tertiary/aromatic N) is 3. The van der Waals surface area contributed by atoms with Crippen molar-refractivity contribution in [3.8, 4) is 0 Å². The maximum Gasteiger partial charge on any atom is 0.294 e. The minimum atomic E-state index is -0.598. The van der Waals surface area contributed by atoms with Crippen LogP contribution >= 0.6 is 23.5 Å². The van der Waals surface area contributed by atoms with E-state index >= 15 is 0 Å². The van der Waals surface area contributed by atoms with E-state index in [1.54, 1.807) is 12.1 Å². The molecule has 0 bridgehead atoms. The molecule has 2 saturated heterocycles. The van der Waals surface area contributed by atoms with Gasteiger partial charge in [-0.15, -0.1) is 0 Å². The fourth-order valence-corrected chi connectivity index (χ4v) is 4.88. The Balaban J connectivity index is 1.43. The third-order valence-electron chi connectivity index (χ3n) is 4.90. The molecule has 2 aromatic carbocycles. The predicted octanol–water partition coefficient (Wildman–Crippen LogP) is 4.58. The number of rotatable bonds is 6. The smallest absolute Gasteiger partial charge is 0.270 e. The quantitative estimate of drug-likeness (QED) is 0.536. The lowest BCUT2D eigenvalue weighted by Crippen LogP contribution is -2.45. The van der Waals surface area contributed by atoms with Gasteiger partial charge in [0.1, 0.15) is 11.6 Å². The molecule has 2 fully saturated rings. The van der Waals surface area contributed by atoms with Crippen molar-refractivity contribution < 1.29 is 28.0 Å². The second-order valence-electron chi connectivity index (χ2n) is 7.40. The van der Waals surface area contributed by atoms with E-state index in [2.05, 4.69) is 0 Å². The van der Waals surface area contributed by atoms with Crippen LogP contribution in [0.1, 0.15) is 11.1 Å². The molecule has 2 heterocycles. The minimum absolute atomic E-state index is 0.0717. The number of hydrogen-bond donors (Lipinski definition) is 0. The van der Waals surface area contributed by atoms with E-state index in [1.807, 2.05) is 0 Å². The minimum Gasteiger partial charge on any atom is -0.270 e. The zero-order chi connectivity index (χ0) is 24.4. The maximum atomic E-state index is 13.9. The van der Waals surface area contributed by atoms with Gasteiger partial charge in [-0.05, 0) is 54.9 Å². The van der Waals surface area contributed by atoms with Crippen molar-refractivity contribution in [3.05, 3.63) is 81.1 Å². The summed E-state index contributed by atoms with van der Waals surface area (Å²) in [6.07, 6.45) is 2.62. The van der Waals surface area contributed by atoms with Gasteiger partial charge in [-0.1, -0.05) is 36.4 Å². The summed E-state index contributed by atoms with van der Waals surface area (Å²) in [5, 5.41) is -1.10. The SMILES string of the molecule is CN(CN1C(=O)S/C(=C\c2ccccc2F)C1=O)CN1C(=O)S/C(=C/c2ccccc2F)C1=O. The molecule has 34 heavy (non-hydrogen) atoms. The van der Waals surface area contributed by atoms with Crippen molar-refractivity contribution in [3.63, 3.8) is 0 Å². The Bertz CT molecular complexity index is 1170. The maximum absolute atomic E-state index is 13.9. The fraction of sp³-hybridized carbons (Fsp3) is 0.130. The molecule has 11 heteroatoms. The number of thioether (sulfide) groups is 2. The third kappa shape index (κ3) is 4.96. The molecule has 4 rings (SSSR count). The fourth-order valence-electron chi connectivity index (χ4n) is 3.24. The third-order valence-corrected chi connectivity index (χ3v) is 6.71. The zero-order valence-corrected chi connectivity index (χ0v) is 19.4. The number of hydrogen-bond acceptors (Lipinski definition) is 7. The first-order chi connectivity index (χ1) is 16.2. The van der Waals surface area contributed by atoms with Gasteiger partial charge in [0.15, 0.2) is 0 Å². The molecular weight excluding hydrogens is 484 g/mol. The van der Waals surface area contributed by atoms with Gasteiger partial charge in [0.2, 0.25) is 0 Å². The van der Waals surface area contributed by atoms with E-state index in [0.717, 1.165) is 9.80 Å². The summed E-state index contributed by atoms with van der Waals surface area (Å²) in [4.78, 5) is 53.6. The average molecular weight is 502 g/mol. The lowest BCUT2D eigenvalue weighted by atomic mass is 10.2. The molecule has 0 aromatic heterocycles. The van der Waals surface area contributed by atoms with Crippen molar-refractivity contribution in [2.75, 3.05) is 20.4 Å². The van der Waals surface area contributed by atoms with Crippen LogP contribution in [0.5, 0.6) is 0 Å². The van der Waals surface area contributed by atoms with Crippen LogP contribution in [-0.4, -0.2) is 57.4 Å². The molecule has 174 valence electrons. The number of carbonyl (C=O) groups excluding carboxylic acids is 4. The Labute approximate surface area is 202 Å². The summed E-state index contributed by atoms with van der Waals surface area (Å²) in [7, 11) is 1.54. The predicted molar refractivity (Wildman–Crippen MR) is 126 cm³/mol. The van der Waals surface area contributed by atoms with Crippen LogP contribution in [0.15, 0.2) is 58.3 Å². The molecule has 2 aliphatic heterocycles. The zero-order valence-electron chi connectivity index (χ0n) is 17.7. The van der Waals surface area contributed by atoms with E-state index in [0.29, 0.717) is 23.5 Å². The van der Waals surface area contributed by atoms with Crippen LogP contribution in [0.25, 0.3) is 12.2 Å². The van der Waals surface area contributed by atoms with Crippen molar-refractivity contribution in [2.45, 2.75) is 0 Å². The van der Waals surface area contributed by atoms with E-state index < -0.39 is 33.9 Å². The molecule has 0 saturated carbocycles. The van der Waals surface area contributed by atoms with Crippen LogP contribution in [-0.2, 0) is 9.59 Å². The molecule has 7 nitrogen and oxygen atoms in total. The molecule has 0 unspecified atom stereocenters. The molecule has 0 radical (unpaired) electrons. The Kier molecular flexibility index (Phi) is 6.96. The van der Waals surface area contributed by atoms with Crippen LogP contribution in [0.4, 0.5) is 18.4 Å². The monoisotopic (exact) mass is 501 g/mol. The number of amides is 4. The van der Waals surface area contributed by atoms with Crippen molar-refractivity contribution in [2.24, 2.45) is 0 Å². The first kappa shape index (κ1) is 23.9. The van der Waals surface area contributed by atoms with Gasteiger partial charge >= 0.3 is 0 Å². The first-order valence-corrected chi connectivity index (χ1v) is 11.6. The van der Waals surface area contributed by atoms with Gasteiger partial charge < -0.3 is 0 Å². The summed E-state index contributed by atoms with van der Waals surface area (Å²) in [6, 6.07) is 11.7. The summed E-state index contributed by atoms with van der Waals surface area (Å²) in [6.45, 7) is -0.374. The highest BCUT2D eigenvalue weighted by atomic mass is 32.2. The molecule has 0 N–H and O–H groups in total. The number of carbonyl (C=O) groups is 4. The van der Waals surface area contributed by atoms with E-state index in [4.69, 9.17) is 0 Å². The summed E-state index contributed by atoms with van der Waals surface area (Å²) in [5.74, 6) is -2.24. The standard InChI is InChI=1S/C23H17F2N3O4S2/c1-26(12-27-20(29)18(33-22(27)31)10-14-6-2-4-8-16(14)24)13-28-21(30)19(34-23(28)32)11-15-7-3-5-9-17(15)25/h2-11H,12-13H2,1H3/b18-10-,19-11+. The van der Waals surface area contributed by atoms with Crippen molar-refractivity contribution in [1.82, 2.24) is 14.7 Å². The molecule has 4 amide bonds.